The molecule has 6 heteroatoms. The van der Waals surface area contributed by atoms with Crippen LogP contribution in [0.2, 0.25) is 0 Å². The van der Waals surface area contributed by atoms with Crippen LogP contribution in [-0.4, -0.2) is 21.2 Å². The molecule has 6 nitrogen and oxygen atoms in total. The zero-order chi connectivity index (χ0) is 15.7. The van der Waals surface area contributed by atoms with Crippen LogP contribution in [0.1, 0.15) is 5.56 Å². The normalized spacial score (nSPS) is 10.8. The summed E-state index contributed by atoms with van der Waals surface area (Å²) >= 11 is 0. The van der Waals surface area contributed by atoms with Gasteiger partial charge in [-0.15, -0.1) is 0 Å². The number of fused-ring (bicyclic) bond motifs is 1. The molecule has 0 spiro atoms. The Bertz CT molecular complexity index is 939. The second kappa shape index (κ2) is 5.48. The molecule has 3 aromatic rings. The van der Waals surface area contributed by atoms with Crippen molar-refractivity contribution in [2.45, 2.75) is 6.54 Å². The first-order chi connectivity index (χ1) is 10.6. The minimum absolute atomic E-state index is 0.196. The maximum absolute atomic E-state index is 12.5. The van der Waals surface area contributed by atoms with Crippen LogP contribution in [0.25, 0.3) is 11.0 Å². The molecule has 1 aromatic carbocycles. The second-order valence-electron chi connectivity index (χ2n) is 4.95. The number of ether oxygens (including phenoxy) is 1. The number of hydrogen-bond donors (Lipinski definition) is 0. The molecule has 0 N–H and O–H groups in total. The van der Waals surface area contributed by atoms with E-state index in [0.29, 0.717) is 5.52 Å². The molecule has 0 saturated heterocycles. The predicted octanol–water partition coefficient (Wildman–Crippen LogP) is 1.15. The van der Waals surface area contributed by atoms with Crippen LogP contribution in [0.3, 0.4) is 0 Å². The maximum atomic E-state index is 12.5. The summed E-state index contributed by atoms with van der Waals surface area (Å²) in [4.78, 5) is 29.0. The fourth-order valence-corrected chi connectivity index (χ4v) is 2.38. The lowest BCUT2D eigenvalue weighted by molar-refractivity contribution is 0.414. The molecule has 0 atom stereocenters. The number of aryl methyl sites for hydroxylation is 1. The van der Waals surface area contributed by atoms with E-state index >= 15 is 0 Å². The number of methoxy groups -OCH3 is 1. The van der Waals surface area contributed by atoms with Crippen LogP contribution in [0.4, 0.5) is 0 Å². The zero-order valence-electron chi connectivity index (χ0n) is 12.3. The van der Waals surface area contributed by atoms with Crippen LogP contribution in [0.15, 0.2) is 52.2 Å². The molecule has 112 valence electrons. The molecule has 0 saturated carbocycles. The molecule has 0 amide bonds. The molecule has 0 aliphatic carbocycles. The van der Waals surface area contributed by atoms with E-state index in [-0.39, 0.29) is 23.3 Å². The Morgan fingerprint density at radius 2 is 1.86 bits per heavy atom. The third-order valence-electron chi connectivity index (χ3n) is 3.61. The van der Waals surface area contributed by atoms with E-state index < -0.39 is 0 Å². The number of nitrogens with zero attached hydrogens (tertiary/aromatic N) is 3. The van der Waals surface area contributed by atoms with Crippen molar-refractivity contribution in [3.8, 4) is 5.75 Å². The van der Waals surface area contributed by atoms with E-state index in [0.717, 1.165) is 11.3 Å². The van der Waals surface area contributed by atoms with Gasteiger partial charge in [-0.05, 0) is 29.8 Å². The molecule has 0 aliphatic rings. The number of benzene rings is 1. The summed E-state index contributed by atoms with van der Waals surface area (Å²) in [5.74, 6) is 0.726. The van der Waals surface area contributed by atoms with Gasteiger partial charge in [-0.25, -0.2) is 9.78 Å². The van der Waals surface area contributed by atoms with E-state index in [1.54, 1.807) is 44.6 Å². The molecular formula is C16H15N3O3. The first-order valence-corrected chi connectivity index (χ1v) is 6.79. The first kappa shape index (κ1) is 14.1. The lowest BCUT2D eigenvalue weighted by atomic mass is 10.2. The average molecular weight is 297 g/mol. The summed E-state index contributed by atoms with van der Waals surface area (Å²) in [5.41, 5.74) is 0.924. The Morgan fingerprint density at radius 1 is 1.14 bits per heavy atom. The molecule has 0 aliphatic heterocycles. The topological polar surface area (TPSA) is 66.1 Å². The van der Waals surface area contributed by atoms with E-state index in [2.05, 4.69) is 4.98 Å². The monoisotopic (exact) mass is 297 g/mol. The van der Waals surface area contributed by atoms with E-state index in [1.807, 2.05) is 12.1 Å². The van der Waals surface area contributed by atoms with Crippen LogP contribution in [0.5, 0.6) is 5.75 Å². The third-order valence-corrected chi connectivity index (χ3v) is 3.61. The summed E-state index contributed by atoms with van der Waals surface area (Å²) in [7, 11) is 3.22. The van der Waals surface area contributed by atoms with Crippen LogP contribution >= 0.6 is 0 Å². The van der Waals surface area contributed by atoms with Crippen molar-refractivity contribution in [3.63, 3.8) is 0 Å². The number of hydrogen-bond acceptors (Lipinski definition) is 4. The van der Waals surface area contributed by atoms with E-state index in [1.165, 1.54) is 9.13 Å². The summed E-state index contributed by atoms with van der Waals surface area (Å²) in [6.45, 7) is 0.196. The van der Waals surface area contributed by atoms with E-state index in [9.17, 15) is 9.59 Å². The highest BCUT2D eigenvalue weighted by atomic mass is 16.5. The van der Waals surface area contributed by atoms with Crippen molar-refractivity contribution in [3.05, 3.63) is 69.0 Å². The SMILES string of the molecule is COc1ccc(Cn2c(=O)c3ncccc3n(C)c2=O)cc1. The quantitative estimate of drug-likeness (QED) is 0.727. The standard InChI is InChI=1S/C16H15N3O3/c1-18-13-4-3-9-17-14(13)15(20)19(16(18)21)10-11-5-7-12(22-2)8-6-11/h3-9H,10H2,1-2H3. The molecular weight excluding hydrogens is 282 g/mol. The van der Waals surface area contributed by atoms with Gasteiger partial charge in [-0.3, -0.25) is 13.9 Å². The third kappa shape index (κ3) is 2.28. The van der Waals surface area contributed by atoms with Crippen LogP contribution in [0, 0.1) is 0 Å². The average Bonchev–Trinajstić information content (AvgIpc) is 2.57. The Kier molecular flexibility index (Phi) is 3.50. The largest absolute Gasteiger partial charge is 0.497 e. The second-order valence-corrected chi connectivity index (χ2v) is 4.95. The fourth-order valence-electron chi connectivity index (χ4n) is 2.38. The summed E-state index contributed by atoms with van der Waals surface area (Å²) in [6.07, 6.45) is 1.55. The van der Waals surface area contributed by atoms with Crippen molar-refractivity contribution < 1.29 is 4.74 Å². The van der Waals surface area contributed by atoms with Gasteiger partial charge >= 0.3 is 5.69 Å². The lowest BCUT2D eigenvalue weighted by Crippen LogP contribution is -2.39. The van der Waals surface area contributed by atoms with Crippen LogP contribution < -0.4 is 16.0 Å². The van der Waals surface area contributed by atoms with Gasteiger partial charge in [0.1, 0.15) is 5.75 Å². The molecule has 2 heterocycles. The van der Waals surface area contributed by atoms with Gasteiger partial charge in [-0.1, -0.05) is 12.1 Å². The highest BCUT2D eigenvalue weighted by Gasteiger charge is 2.11. The van der Waals surface area contributed by atoms with Gasteiger partial charge in [0.25, 0.3) is 5.56 Å². The number of pyridine rings is 1. The van der Waals surface area contributed by atoms with Gasteiger partial charge in [0, 0.05) is 13.2 Å². The van der Waals surface area contributed by atoms with Crippen molar-refractivity contribution in [1.29, 1.82) is 0 Å². The number of aromatic nitrogens is 3. The predicted molar refractivity (Wildman–Crippen MR) is 83.3 cm³/mol. The molecule has 3 rings (SSSR count). The molecule has 22 heavy (non-hydrogen) atoms. The minimum Gasteiger partial charge on any atom is -0.497 e. The van der Waals surface area contributed by atoms with Gasteiger partial charge < -0.3 is 4.74 Å². The molecule has 0 fully saturated rings. The Labute approximate surface area is 126 Å². The first-order valence-electron chi connectivity index (χ1n) is 6.79. The smallest absolute Gasteiger partial charge is 0.331 e. The van der Waals surface area contributed by atoms with Crippen molar-refractivity contribution in [1.82, 2.24) is 14.1 Å². The Hall–Kier alpha value is -2.89. The van der Waals surface area contributed by atoms with E-state index in [4.69, 9.17) is 4.74 Å². The highest BCUT2D eigenvalue weighted by Crippen LogP contribution is 2.11. The summed E-state index contributed by atoms with van der Waals surface area (Å²) < 4.78 is 7.73. The molecule has 2 aromatic heterocycles. The molecule has 0 radical (unpaired) electrons. The minimum atomic E-state index is -0.380. The Morgan fingerprint density at radius 3 is 2.55 bits per heavy atom. The van der Waals surface area contributed by atoms with Gasteiger partial charge in [0.05, 0.1) is 19.2 Å². The lowest BCUT2D eigenvalue weighted by Gasteiger charge is -2.10. The fraction of sp³-hybridized carbons (Fsp3) is 0.188. The van der Waals surface area contributed by atoms with Crippen LogP contribution in [-0.2, 0) is 13.6 Å². The van der Waals surface area contributed by atoms with Crippen molar-refractivity contribution in [2.24, 2.45) is 7.05 Å². The van der Waals surface area contributed by atoms with Gasteiger partial charge in [0.15, 0.2) is 5.52 Å². The van der Waals surface area contributed by atoms with Gasteiger partial charge in [-0.2, -0.15) is 0 Å². The maximum Gasteiger partial charge on any atom is 0.331 e. The summed E-state index contributed by atoms with van der Waals surface area (Å²) in [5, 5.41) is 0. The molecule has 0 bridgehead atoms. The van der Waals surface area contributed by atoms with Gasteiger partial charge in [0.2, 0.25) is 0 Å². The van der Waals surface area contributed by atoms with Crippen molar-refractivity contribution >= 4 is 11.0 Å². The Balaban J connectivity index is 2.14. The molecule has 0 unspecified atom stereocenters. The summed E-state index contributed by atoms with van der Waals surface area (Å²) in [6, 6.07) is 10.7. The highest BCUT2D eigenvalue weighted by molar-refractivity contribution is 5.72. The zero-order valence-corrected chi connectivity index (χ0v) is 12.3. The number of rotatable bonds is 3. The van der Waals surface area contributed by atoms with Crippen molar-refractivity contribution in [2.75, 3.05) is 7.11 Å².